The summed E-state index contributed by atoms with van der Waals surface area (Å²) < 4.78 is 21.1. The fraction of sp³-hybridized carbons (Fsp3) is 0.364. The van der Waals surface area contributed by atoms with Crippen LogP contribution in [-0.2, 0) is 16.0 Å². The number of aryl methyl sites for hydroxylation is 1. The van der Waals surface area contributed by atoms with Crippen molar-refractivity contribution in [1.82, 2.24) is 0 Å². The molecule has 1 amide bonds. The minimum absolute atomic E-state index is 0.198. The Morgan fingerprint density at radius 2 is 1.70 bits per heavy atom. The van der Waals surface area contributed by atoms with Gasteiger partial charge in [0.05, 0.1) is 38.1 Å². The molecule has 0 saturated heterocycles. The molecule has 0 spiro atoms. The van der Waals surface area contributed by atoms with Crippen LogP contribution in [0.1, 0.15) is 36.2 Å². The van der Waals surface area contributed by atoms with Crippen molar-refractivity contribution in [1.29, 1.82) is 0 Å². The average Bonchev–Trinajstić information content (AvgIpc) is 2.74. The van der Waals surface area contributed by atoms with E-state index in [1.807, 2.05) is 25.1 Å². The van der Waals surface area contributed by atoms with Gasteiger partial charge in [-0.3, -0.25) is 4.79 Å². The molecule has 0 aliphatic carbocycles. The van der Waals surface area contributed by atoms with Gasteiger partial charge in [-0.05, 0) is 44.0 Å². The standard InChI is InChI=1S/C22H26ClNO6/c1-5-29-18-9-7-14(11-20(18)28-4)8-10-21(25)24-17-13-19(27-3)15(12-16(17)23)22(26)30-6-2/h7,9,11-13H,5-6,8,10H2,1-4H3,(H,24,25). The molecule has 7 nitrogen and oxygen atoms in total. The summed E-state index contributed by atoms with van der Waals surface area (Å²) in [5.41, 5.74) is 1.49. The van der Waals surface area contributed by atoms with Gasteiger partial charge in [-0.2, -0.15) is 0 Å². The number of ether oxygens (including phenoxy) is 4. The molecule has 0 atom stereocenters. The molecule has 0 aromatic heterocycles. The maximum atomic E-state index is 12.4. The first-order valence-electron chi connectivity index (χ1n) is 9.57. The number of nitrogens with one attached hydrogen (secondary N) is 1. The molecular formula is C22H26ClNO6. The Morgan fingerprint density at radius 3 is 2.33 bits per heavy atom. The predicted molar refractivity (Wildman–Crippen MR) is 115 cm³/mol. The van der Waals surface area contributed by atoms with Crippen LogP contribution in [0.5, 0.6) is 17.2 Å². The van der Waals surface area contributed by atoms with Crippen LogP contribution >= 0.6 is 11.6 Å². The molecule has 162 valence electrons. The fourth-order valence-corrected chi connectivity index (χ4v) is 3.01. The van der Waals surface area contributed by atoms with Gasteiger partial charge in [0.15, 0.2) is 11.5 Å². The Balaban J connectivity index is 2.07. The van der Waals surface area contributed by atoms with E-state index in [4.69, 9.17) is 30.5 Å². The zero-order valence-corrected chi connectivity index (χ0v) is 18.3. The maximum absolute atomic E-state index is 12.4. The van der Waals surface area contributed by atoms with E-state index >= 15 is 0 Å². The second-order valence-electron chi connectivity index (χ2n) is 6.22. The molecule has 2 aromatic carbocycles. The second kappa shape index (κ2) is 11.3. The summed E-state index contributed by atoms with van der Waals surface area (Å²) in [5.74, 6) is 0.782. The van der Waals surface area contributed by atoms with Crippen molar-refractivity contribution in [3.63, 3.8) is 0 Å². The van der Waals surface area contributed by atoms with Crippen LogP contribution in [0.3, 0.4) is 0 Å². The topological polar surface area (TPSA) is 83.1 Å². The number of halogens is 1. The van der Waals surface area contributed by atoms with Gasteiger partial charge in [-0.15, -0.1) is 0 Å². The Hall–Kier alpha value is -2.93. The minimum Gasteiger partial charge on any atom is -0.496 e. The summed E-state index contributed by atoms with van der Waals surface area (Å²) in [7, 11) is 3.00. The summed E-state index contributed by atoms with van der Waals surface area (Å²) in [6.07, 6.45) is 0.736. The van der Waals surface area contributed by atoms with Gasteiger partial charge in [0.25, 0.3) is 0 Å². The third-order valence-electron chi connectivity index (χ3n) is 4.23. The largest absolute Gasteiger partial charge is 0.496 e. The van der Waals surface area contributed by atoms with Crippen molar-refractivity contribution in [2.24, 2.45) is 0 Å². The lowest BCUT2D eigenvalue weighted by molar-refractivity contribution is -0.116. The fourth-order valence-electron chi connectivity index (χ4n) is 2.80. The number of carbonyl (C=O) groups excluding carboxylic acids is 2. The molecule has 2 aromatic rings. The predicted octanol–water partition coefficient (Wildman–Crippen LogP) is 4.50. The second-order valence-corrected chi connectivity index (χ2v) is 6.63. The van der Waals surface area contributed by atoms with E-state index < -0.39 is 5.97 Å². The number of hydrogen-bond acceptors (Lipinski definition) is 6. The highest BCUT2D eigenvalue weighted by molar-refractivity contribution is 6.34. The van der Waals surface area contributed by atoms with Gasteiger partial charge < -0.3 is 24.3 Å². The van der Waals surface area contributed by atoms with Gasteiger partial charge in [-0.25, -0.2) is 4.79 Å². The Morgan fingerprint density at radius 1 is 0.967 bits per heavy atom. The van der Waals surface area contributed by atoms with Crippen LogP contribution in [0.15, 0.2) is 30.3 Å². The van der Waals surface area contributed by atoms with Crippen LogP contribution in [0, 0.1) is 0 Å². The molecule has 0 aliphatic heterocycles. The number of anilines is 1. The maximum Gasteiger partial charge on any atom is 0.341 e. The lowest BCUT2D eigenvalue weighted by Gasteiger charge is -2.13. The highest BCUT2D eigenvalue weighted by Crippen LogP contribution is 2.32. The minimum atomic E-state index is -0.543. The number of amides is 1. The van der Waals surface area contributed by atoms with Crippen LogP contribution in [-0.4, -0.2) is 39.3 Å². The first-order valence-corrected chi connectivity index (χ1v) is 9.95. The van der Waals surface area contributed by atoms with Crippen LogP contribution < -0.4 is 19.5 Å². The highest BCUT2D eigenvalue weighted by Gasteiger charge is 2.18. The molecule has 0 unspecified atom stereocenters. The van der Waals surface area contributed by atoms with E-state index in [2.05, 4.69) is 5.32 Å². The monoisotopic (exact) mass is 435 g/mol. The third kappa shape index (κ3) is 6.03. The number of benzene rings is 2. The summed E-state index contributed by atoms with van der Waals surface area (Å²) in [4.78, 5) is 24.4. The molecule has 0 bridgehead atoms. The van der Waals surface area contributed by atoms with Crippen molar-refractivity contribution in [3.05, 3.63) is 46.5 Å². The number of esters is 1. The van der Waals surface area contributed by atoms with Gasteiger partial charge in [0, 0.05) is 12.5 Å². The molecule has 0 saturated carbocycles. The first kappa shape index (κ1) is 23.3. The molecule has 0 radical (unpaired) electrons. The zero-order chi connectivity index (χ0) is 22.1. The SMILES string of the molecule is CCOC(=O)c1cc(Cl)c(NC(=O)CCc2ccc(OCC)c(OC)c2)cc1OC. The van der Waals surface area contributed by atoms with E-state index in [0.717, 1.165) is 5.56 Å². The number of rotatable bonds is 10. The van der Waals surface area contributed by atoms with E-state index in [-0.39, 0.29) is 35.3 Å². The summed E-state index contributed by atoms with van der Waals surface area (Å²) >= 11 is 6.24. The van der Waals surface area contributed by atoms with E-state index in [1.165, 1.54) is 19.2 Å². The molecular weight excluding hydrogens is 410 g/mol. The van der Waals surface area contributed by atoms with E-state index in [1.54, 1.807) is 14.0 Å². The molecule has 1 N–H and O–H groups in total. The zero-order valence-electron chi connectivity index (χ0n) is 17.5. The van der Waals surface area contributed by atoms with E-state index in [9.17, 15) is 9.59 Å². The quantitative estimate of drug-likeness (QED) is 0.553. The summed E-state index contributed by atoms with van der Waals surface area (Å²) in [6.45, 7) is 4.38. The molecule has 0 fully saturated rings. The van der Waals surface area contributed by atoms with Gasteiger partial charge in [0.1, 0.15) is 11.3 Å². The molecule has 30 heavy (non-hydrogen) atoms. The number of hydrogen-bond donors (Lipinski definition) is 1. The first-order chi connectivity index (χ1) is 14.4. The average molecular weight is 436 g/mol. The lowest BCUT2D eigenvalue weighted by Crippen LogP contribution is -2.14. The van der Waals surface area contributed by atoms with Crippen molar-refractivity contribution >= 4 is 29.2 Å². The molecule has 8 heteroatoms. The molecule has 0 aliphatic rings. The van der Waals surface area contributed by atoms with Crippen molar-refractivity contribution in [3.8, 4) is 17.2 Å². The highest BCUT2D eigenvalue weighted by atomic mass is 35.5. The number of methoxy groups -OCH3 is 2. The van der Waals surface area contributed by atoms with Gasteiger partial charge in [0.2, 0.25) is 5.91 Å². The van der Waals surface area contributed by atoms with Crippen molar-refractivity contribution in [2.75, 3.05) is 32.8 Å². The Labute approximate surface area is 181 Å². The Bertz CT molecular complexity index is 899. The van der Waals surface area contributed by atoms with E-state index in [0.29, 0.717) is 30.2 Å². The summed E-state index contributed by atoms with van der Waals surface area (Å²) in [5, 5.41) is 2.97. The van der Waals surface area contributed by atoms with Crippen LogP contribution in [0.25, 0.3) is 0 Å². The normalized spacial score (nSPS) is 10.3. The summed E-state index contributed by atoms with van der Waals surface area (Å²) in [6, 6.07) is 8.50. The van der Waals surface area contributed by atoms with Crippen LogP contribution in [0.2, 0.25) is 5.02 Å². The third-order valence-corrected chi connectivity index (χ3v) is 4.54. The van der Waals surface area contributed by atoms with Gasteiger partial charge in [-0.1, -0.05) is 17.7 Å². The molecule has 2 rings (SSSR count). The lowest BCUT2D eigenvalue weighted by atomic mass is 10.1. The smallest absolute Gasteiger partial charge is 0.341 e. The van der Waals surface area contributed by atoms with Crippen molar-refractivity contribution in [2.45, 2.75) is 26.7 Å². The molecule has 0 heterocycles. The van der Waals surface area contributed by atoms with Crippen LogP contribution in [0.4, 0.5) is 5.69 Å². The van der Waals surface area contributed by atoms with Gasteiger partial charge >= 0.3 is 5.97 Å². The number of carbonyl (C=O) groups is 2. The Kier molecular flexibility index (Phi) is 8.80. The van der Waals surface area contributed by atoms with Crippen molar-refractivity contribution < 1.29 is 28.5 Å².